The van der Waals surface area contributed by atoms with Gasteiger partial charge in [-0.15, -0.1) is 0 Å². The molecule has 18 heavy (non-hydrogen) atoms. The maximum Gasteiger partial charge on any atom is 0.283 e. The van der Waals surface area contributed by atoms with Crippen LogP contribution in [0.1, 0.15) is 37.7 Å². The summed E-state index contributed by atoms with van der Waals surface area (Å²) in [4.78, 5) is 10.5. The van der Waals surface area contributed by atoms with Crippen molar-refractivity contribution in [3.8, 4) is 0 Å². The van der Waals surface area contributed by atoms with E-state index < -0.39 is 0 Å². The number of rotatable bonds is 3. The molecule has 98 valence electrons. The van der Waals surface area contributed by atoms with Crippen molar-refractivity contribution in [2.75, 3.05) is 0 Å². The van der Waals surface area contributed by atoms with E-state index in [2.05, 4.69) is 15.9 Å². The van der Waals surface area contributed by atoms with Crippen molar-refractivity contribution < 1.29 is 4.92 Å². The molecule has 4 nitrogen and oxygen atoms in total. The minimum absolute atomic E-state index is 0.118. The van der Waals surface area contributed by atoms with Gasteiger partial charge in [0.1, 0.15) is 0 Å². The van der Waals surface area contributed by atoms with Crippen molar-refractivity contribution in [2.24, 2.45) is 5.73 Å². The van der Waals surface area contributed by atoms with Gasteiger partial charge in [-0.25, -0.2) is 0 Å². The van der Waals surface area contributed by atoms with Crippen LogP contribution in [0.25, 0.3) is 0 Å². The minimum Gasteiger partial charge on any atom is -0.325 e. The average Bonchev–Trinajstić information content (AvgIpc) is 2.32. The molecule has 0 bridgehead atoms. The second-order valence-corrected chi connectivity index (χ2v) is 5.90. The molecule has 2 N–H and O–H groups in total. The molecular formula is C13H17BrN2O2. The van der Waals surface area contributed by atoms with Crippen LogP contribution in [0.5, 0.6) is 0 Å². The Morgan fingerprint density at radius 2 is 2.00 bits per heavy atom. The van der Waals surface area contributed by atoms with Gasteiger partial charge >= 0.3 is 0 Å². The van der Waals surface area contributed by atoms with E-state index >= 15 is 0 Å². The molecule has 2 rings (SSSR count). The predicted molar refractivity (Wildman–Crippen MR) is 74.5 cm³/mol. The van der Waals surface area contributed by atoms with Crippen molar-refractivity contribution in [2.45, 2.75) is 44.1 Å². The van der Waals surface area contributed by atoms with Crippen LogP contribution in [-0.4, -0.2) is 10.5 Å². The molecule has 5 heteroatoms. The van der Waals surface area contributed by atoms with E-state index in [1.165, 1.54) is 12.5 Å². The highest BCUT2D eigenvalue weighted by molar-refractivity contribution is 9.10. The summed E-state index contributed by atoms with van der Waals surface area (Å²) in [5, 5.41) is 10.9. The molecule has 0 saturated heterocycles. The first-order chi connectivity index (χ1) is 8.52. The van der Waals surface area contributed by atoms with Crippen molar-refractivity contribution in [3.63, 3.8) is 0 Å². The van der Waals surface area contributed by atoms with E-state index in [0.29, 0.717) is 10.9 Å². The fourth-order valence-electron chi connectivity index (χ4n) is 2.66. The number of nitrogens with two attached hydrogens (primary N) is 1. The van der Waals surface area contributed by atoms with Gasteiger partial charge in [-0.3, -0.25) is 10.1 Å². The number of hydrogen-bond donors (Lipinski definition) is 1. The quantitative estimate of drug-likeness (QED) is 0.685. The minimum atomic E-state index is -0.363. The molecule has 1 aliphatic rings. The van der Waals surface area contributed by atoms with Crippen LogP contribution in [0.4, 0.5) is 5.69 Å². The molecule has 0 aliphatic heterocycles. The number of hydrogen-bond acceptors (Lipinski definition) is 3. The fourth-order valence-corrected chi connectivity index (χ4v) is 3.21. The molecule has 0 heterocycles. The Hall–Kier alpha value is -0.940. The molecular weight excluding hydrogens is 296 g/mol. The Morgan fingerprint density at radius 1 is 1.33 bits per heavy atom. The molecule has 1 saturated carbocycles. The first kappa shape index (κ1) is 13.5. The largest absolute Gasteiger partial charge is 0.325 e. The monoisotopic (exact) mass is 312 g/mol. The van der Waals surface area contributed by atoms with Crippen LogP contribution in [0.15, 0.2) is 22.7 Å². The van der Waals surface area contributed by atoms with Gasteiger partial charge in [0.25, 0.3) is 5.69 Å². The highest BCUT2D eigenvalue weighted by Gasteiger charge is 2.29. The fraction of sp³-hybridized carbons (Fsp3) is 0.538. The zero-order chi connectivity index (χ0) is 13.2. The molecule has 0 aromatic heterocycles. The summed E-state index contributed by atoms with van der Waals surface area (Å²) < 4.78 is 0.574. The Morgan fingerprint density at radius 3 is 2.61 bits per heavy atom. The van der Waals surface area contributed by atoms with Gasteiger partial charge in [0.05, 0.1) is 9.40 Å². The third-order valence-corrected chi connectivity index (χ3v) is 4.56. The van der Waals surface area contributed by atoms with E-state index in [1.807, 2.05) is 6.07 Å². The molecule has 1 fully saturated rings. The van der Waals surface area contributed by atoms with E-state index in [1.54, 1.807) is 6.07 Å². The average molecular weight is 313 g/mol. The molecule has 0 spiro atoms. The van der Waals surface area contributed by atoms with Gasteiger partial charge in [0.15, 0.2) is 0 Å². The summed E-state index contributed by atoms with van der Waals surface area (Å²) in [6, 6.07) is 5.16. The van der Waals surface area contributed by atoms with Crippen LogP contribution in [-0.2, 0) is 6.42 Å². The van der Waals surface area contributed by atoms with Crippen LogP contribution < -0.4 is 5.73 Å². The Balaban J connectivity index is 2.23. The van der Waals surface area contributed by atoms with Gasteiger partial charge in [0, 0.05) is 11.6 Å². The first-order valence-corrected chi connectivity index (χ1v) is 7.02. The van der Waals surface area contributed by atoms with E-state index in [0.717, 1.165) is 31.2 Å². The Bertz CT molecular complexity index is 456. The summed E-state index contributed by atoms with van der Waals surface area (Å²) in [6.07, 6.45) is 6.26. The highest BCUT2D eigenvalue weighted by Crippen LogP contribution is 2.34. The normalized spacial score (nSPS) is 18.6. The highest BCUT2D eigenvalue weighted by atomic mass is 79.9. The number of nitrogens with zero attached hydrogens (tertiary/aromatic N) is 1. The number of halogens is 1. The van der Waals surface area contributed by atoms with E-state index in [-0.39, 0.29) is 16.1 Å². The topological polar surface area (TPSA) is 69.2 Å². The van der Waals surface area contributed by atoms with Crippen LogP contribution >= 0.6 is 15.9 Å². The zero-order valence-electron chi connectivity index (χ0n) is 10.2. The lowest BCUT2D eigenvalue weighted by Crippen LogP contribution is -2.43. The lowest BCUT2D eigenvalue weighted by molar-refractivity contribution is -0.385. The molecule has 0 amide bonds. The van der Waals surface area contributed by atoms with Gasteiger partial charge < -0.3 is 5.73 Å². The molecule has 1 aliphatic carbocycles. The molecule has 1 aromatic rings. The van der Waals surface area contributed by atoms with Crippen molar-refractivity contribution in [1.82, 2.24) is 0 Å². The van der Waals surface area contributed by atoms with Crippen molar-refractivity contribution in [3.05, 3.63) is 38.3 Å². The second kappa shape index (κ2) is 5.36. The molecule has 0 atom stereocenters. The van der Waals surface area contributed by atoms with Crippen molar-refractivity contribution in [1.29, 1.82) is 0 Å². The second-order valence-electron chi connectivity index (χ2n) is 5.11. The smallest absolute Gasteiger partial charge is 0.283 e. The Labute approximate surface area is 115 Å². The van der Waals surface area contributed by atoms with E-state index in [9.17, 15) is 10.1 Å². The maximum atomic E-state index is 10.9. The number of nitro benzene ring substituents is 1. The summed E-state index contributed by atoms with van der Waals surface area (Å²) in [5.41, 5.74) is 7.25. The molecule has 0 unspecified atom stereocenters. The molecule has 1 aromatic carbocycles. The van der Waals surface area contributed by atoms with E-state index in [4.69, 9.17) is 5.73 Å². The number of benzene rings is 1. The van der Waals surface area contributed by atoms with Crippen LogP contribution in [0.2, 0.25) is 0 Å². The van der Waals surface area contributed by atoms with Gasteiger partial charge in [0.2, 0.25) is 0 Å². The van der Waals surface area contributed by atoms with Gasteiger partial charge in [-0.2, -0.15) is 0 Å². The van der Waals surface area contributed by atoms with Gasteiger partial charge in [-0.1, -0.05) is 31.4 Å². The van der Waals surface area contributed by atoms with Crippen LogP contribution in [0, 0.1) is 10.1 Å². The standard InChI is InChI=1S/C13H17BrN2O2/c14-12-10(5-4-6-11(12)16(17)18)9-13(15)7-2-1-3-8-13/h4-6H,1-3,7-9,15H2. The summed E-state index contributed by atoms with van der Waals surface area (Å²) >= 11 is 3.34. The summed E-state index contributed by atoms with van der Waals surface area (Å²) in [6.45, 7) is 0. The number of nitro groups is 1. The zero-order valence-corrected chi connectivity index (χ0v) is 11.8. The lowest BCUT2D eigenvalue weighted by Gasteiger charge is -2.33. The SMILES string of the molecule is NC1(Cc2cccc([N+](=O)[O-])c2Br)CCCCC1. The Kier molecular flexibility index (Phi) is 4.02. The van der Waals surface area contributed by atoms with Crippen LogP contribution in [0.3, 0.4) is 0 Å². The summed E-state index contributed by atoms with van der Waals surface area (Å²) in [7, 11) is 0. The predicted octanol–water partition coefficient (Wildman–Crippen LogP) is 3.56. The molecule has 0 radical (unpaired) electrons. The summed E-state index contributed by atoms with van der Waals surface area (Å²) in [5.74, 6) is 0. The lowest BCUT2D eigenvalue weighted by atomic mass is 9.78. The third-order valence-electron chi connectivity index (χ3n) is 3.65. The van der Waals surface area contributed by atoms with Crippen molar-refractivity contribution >= 4 is 21.6 Å². The maximum absolute atomic E-state index is 10.9. The van der Waals surface area contributed by atoms with Gasteiger partial charge in [-0.05, 0) is 40.8 Å². The first-order valence-electron chi connectivity index (χ1n) is 6.22. The third kappa shape index (κ3) is 2.90.